The fourth-order valence-electron chi connectivity index (χ4n) is 6.13. The number of carbonyl (C=O) groups excluding carboxylic acids is 3. The molecule has 2 aromatic carbocycles. The molecule has 0 saturated carbocycles. The average molecular weight is 607 g/mol. The molecule has 0 aliphatic carbocycles. The van der Waals surface area contributed by atoms with Crippen LogP contribution in [-0.2, 0) is 9.47 Å². The highest BCUT2D eigenvalue weighted by Crippen LogP contribution is 2.28. The van der Waals surface area contributed by atoms with Crippen LogP contribution in [0.1, 0.15) is 57.5 Å². The summed E-state index contributed by atoms with van der Waals surface area (Å²) in [5, 5.41) is 2.31. The molecule has 0 aromatic heterocycles. The van der Waals surface area contributed by atoms with Crippen LogP contribution in [0.5, 0.6) is 0 Å². The second-order valence-corrected chi connectivity index (χ2v) is 18.7. The van der Waals surface area contributed by atoms with Crippen molar-refractivity contribution in [3.8, 4) is 0 Å². The summed E-state index contributed by atoms with van der Waals surface area (Å²) >= 11 is 0. The largest absolute Gasteiger partial charge is 0.444 e. The Kier molecular flexibility index (Phi) is 8.04. The van der Waals surface area contributed by atoms with Crippen molar-refractivity contribution in [1.82, 2.24) is 9.80 Å². The van der Waals surface area contributed by atoms with Crippen molar-refractivity contribution in [2.75, 3.05) is 62.2 Å². The molecule has 0 unspecified atom stereocenters. The zero-order valence-electron chi connectivity index (χ0n) is 27.0. The fraction of sp³-hybridized carbons (Fsp3) is 0.545. The first kappa shape index (κ1) is 30.9. The van der Waals surface area contributed by atoms with Crippen LogP contribution in [0.15, 0.2) is 36.4 Å². The number of piperazine rings is 2. The van der Waals surface area contributed by atoms with Gasteiger partial charge in [0.05, 0.1) is 0 Å². The van der Waals surface area contributed by atoms with Crippen molar-refractivity contribution in [3.05, 3.63) is 47.5 Å². The average Bonchev–Trinajstić information content (AvgIpc) is 2.94. The molecule has 0 radical (unpaired) electrons. The van der Waals surface area contributed by atoms with Crippen molar-refractivity contribution in [2.24, 2.45) is 0 Å². The molecule has 2 saturated heterocycles. The van der Waals surface area contributed by atoms with E-state index in [1.807, 2.05) is 65.8 Å². The van der Waals surface area contributed by atoms with Gasteiger partial charge in [-0.25, -0.2) is 9.59 Å². The molecule has 0 bridgehead atoms. The zero-order chi connectivity index (χ0) is 31.3. The van der Waals surface area contributed by atoms with Crippen LogP contribution in [0, 0.1) is 0 Å². The molecule has 10 heteroatoms. The number of rotatable bonds is 2. The van der Waals surface area contributed by atoms with Crippen molar-refractivity contribution in [1.29, 1.82) is 0 Å². The number of ether oxygens (including phenoxy) is 2. The molecule has 3 aliphatic rings. The third kappa shape index (κ3) is 6.54. The molecular weight excluding hydrogens is 560 g/mol. The number of hydrogen-bond acceptors (Lipinski definition) is 7. The predicted molar refractivity (Wildman–Crippen MR) is 173 cm³/mol. The first-order chi connectivity index (χ1) is 20.0. The Labute approximate surface area is 256 Å². The summed E-state index contributed by atoms with van der Waals surface area (Å²) in [4.78, 5) is 47.0. The second-order valence-electron chi connectivity index (χ2n) is 14.3. The van der Waals surface area contributed by atoms with E-state index in [9.17, 15) is 14.4 Å². The van der Waals surface area contributed by atoms with E-state index in [1.54, 1.807) is 9.80 Å². The quantitative estimate of drug-likeness (QED) is 0.475. The van der Waals surface area contributed by atoms with Gasteiger partial charge in [0.15, 0.2) is 5.78 Å². The Balaban J connectivity index is 1.31. The van der Waals surface area contributed by atoms with E-state index >= 15 is 0 Å². The third-order valence-corrected chi connectivity index (χ3v) is 12.0. The Bertz CT molecular complexity index is 1310. The Morgan fingerprint density at radius 1 is 0.628 bits per heavy atom. The molecule has 5 rings (SSSR count). The lowest BCUT2D eigenvalue weighted by molar-refractivity contribution is 0.0230. The molecular formula is C33H46N4O5Si. The first-order valence-corrected chi connectivity index (χ1v) is 18.3. The molecule has 43 heavy (non-hydrogen) atoms. The summed E-state index contributed by atoms with van der Waals surface area (Å²) in [6.07, 6.45) is -0.536. The van der Waals surface area contributed by atoms with Gasteiger partial charge in [-0.3, -0.25) is 4.79 Å². The van der Waals surface area contributed by atoms with Crippen LogP contribution in [0.4, 0.5) is 21.0 Å². The molecule has 232 valence electrons. The van der Waals surface area contributed by atoms with E-state index in [4.69, 9.17) is 9.47 Å². The number of benzene rings is 2. The lowest BCUT2D eigenvalue weighted by Crippen LogP contribution is -2.60. The van der Waals surface area contributed by atoms with Gasteiger partial charge in [0.2, 0.25) is 0 Å². The van der Waals surface area contributed by atoms with E-state index in [-0.39, 0.29) is 18.0 Å². The third-order valence-electron chi connectivity index (χ3n) is 8.44. The monoisotopic (exact) mass is 606 g/mol. The highest BCUT2D eigenvalue weighted by Gasteiger charge is 2.40. The van der Waals surface area contributed by atoms with E-state index < -0.39 is 19.3 Å². The number of nitrogens with zero attached hydrogens (tertiary/aromatic N) is 4. The van der Waals surface area contributed by atoms with Gasteiger partial charge >= 0.3 is 12.2 Å². The molecule has 2 aromatic rings. The molecule has 2 fully saturated rings. The summed E-state index contributed by atoms with van der Waals surface area (Å²) < 4.78 is 11.1. The smallest absolute Gasteiger partial charge is 0.410 e. The summed E-state index contributed by atoms with van der Waals surface area (Å²) in [6.45, 7) is 21.2. The highest BCUT2D eigenvalue weighted by atomic mass is 28.3. The molecule has 2 amide bonds. The minimum absolute atomic E-state index is 0.0828. The Morgan fingerprint density at radius 3 is 1.30 bits per heavy atom. The number of carbonyl (C=O) groups is 3. The van der Waals surface area contributed by atoms with Crippen LogP contribution in [0.3, 0.4) is 0 Å². The van der Waals surface area contributed by atoms with Gasteiger partial charge in [-0.15, -0.1) is 0 Å². The summed E-state index contributed by atoms with van der Waals surface area (Å²) in [7, 11) is -2.22. The van der Waals surface area contributed by atoms with Crippen LogP contribution < -0.4 is 20.2 Å². The second kappa shape index (κ2) is 11.2. The highest BCUT2D eigenvalue weighted by molar-refractivity contribution is 7.02. The van der Waals surface area contributed by atoms with E-state index in [0.717, 1.165) is 32.9 Å². The van der Waals surface area contributed by atoms with Gasteiger partial charge < -0.3 is 29.1 Å². The van der Waals surface area contributed by atoms with E-state index in [0.29, 0.717) is 52.4 Å². The molecule has 3 heterocycles. The van der Waals surface area contributed by atoms with Gasteiger partial charge in [0, 0.05) is 74.9 Å². The number of anilines is 2. The number of hydrogen-bond donors (Lipinski definition) is 0. The molecule has 0 N–H and O–H groups in total. The molecule has 3 aliphatic heterocycles. The lowest BCUT2D eigenvalue weighted by atomic mass is 10.0. The first-order valence-electron chi connectivity index (χ1n) is 15.3. The van der Waals surface area contributed by atoms with Gasteiger partial charge in [0.1, 0.15) is 19.3 Å². The zero-order valence-corrected chi connectivity index (χ0v) is 28.0. The van der Waals surface area contributed by atoms with Gasteiger partial charge in [-0.05, 0) is 88.3 Å². The standard InChI is InChI=1S/C33H46N4O5Si/c1-32(2,3)41-30(39)36-17-13-34(14-18-36)23-9-11-25-27(21-23)43(7,8)28-22-24(10-12-26(28)29(25)38)35-15-19-37(20-16-35)31(40)42-33(4,5)6/h9-12,21-22H,13-20H2,1-8H3. The minimum Gasteiger partial charge on any atom is -0.444 e. The fourth-order valence-corrected chi connectivity index (χ4v) is 9.17. The molecule has 0 atom stereocenters. The maximum Gasteiger partial charge on any atom is 0.410 e. The van der Waals surface area contributed by atoms with Crippen molar-refractivity contribution in [3.63, 3.8) is 0 Å². The van der Waals surface area contributed by atoms with Crippen LogP contribution in [0.2, 0.25) is 13.1 Å². The summed E-state index contributed by atoms with van der Waals surface area (Å²) in [5.41, 5.74) is 2.76. The number of ketones is 1. The maximum absolute atomic E-state index is 13.7. The number of fused-ring (bicyclic) bond motifs is 2. The predicted octanol–water partition coefficient (Wildman–Crippen LogP) is 4.17. The Hall–Kier alpha value is -3.53. The van der Waals surface area contributed by atoms with Gasteiger partial charge in [-0.2, -0.15) is 0 Å². The van der Waals surface area contributed by atoms with Gasteiger partial charge in [0.25, 0.3) is 0 Å². The Morgan fingerprint density at radius 2 is 0.977 bits per heavy atom. The van der Waals surface area contributed by atoms with Crippen LogP contribution in [-0.4, -0.2) is 99.4 Å². The normalized spacial score (nSPS) is 18.7. The molecule has 0 spiro atoms. The summed E-state index contributed by atoms with van der Waals surface area (Å²) in [5.74, 6) is 0.0828. The van der Waals surface area contributed by atoms with E-state index in [1.165, 1.54) is 0 Å². The minimum atomic E-state index is -2.22. The van der Waals surface area contributed by atoms with Crippen LogP contribution >= 0.6 is 0 Å². The van der Waals surface area contributed by atoms with Crippen molar-refractivity contribution in [2.45, 2.75) is 65.8 Å². The lowest BCUT2D eigenvalue weighted by Gasteiger charge is -2.39. The number of amides is 2. The topological polar surface area (TPSA) is 82.6 Å². The molecule has 9 nitrogen and oxygen atoms in total. The summed E-state index contributed by atoms with van der Waals surface area (Å²) in [6, 6.07) is 12.5. The van der Waals surface area contributed by atoms with Crippen molar-refractivity contribution >= 4 is 47.8 Å². The SMILES string of the molecule is CC(C)(C)OC(=O)N1CCN(c2ccc3c(c2)[Si](C)(C)c2cc(N4CCN(C(=O)OC(C)(C)C)CC4)ccc2C3=O)CC1. The van der Waals surface area contributed by atoms with Crippen molar-refractivity contribution < 1.29 is 23.9 Å². The maximum atomic E-state index is 13.7. The van der Waals surface area contributed by atoms with Gasteiger partial charge in [-0.1, -0.05) is 13.1 Å². The van der Waals surface area contributed by atoms with Crippen LogP contribution in [0.25, 0.3) is 0 Å². The van der Waals surface area contributed by atoms with E-state index in [2.05, 4.69) is 35.0 Å².